The van der Waals surface area contributed by atoms with E-state index in [9.17, 15) is 24.0 Å². The average Bonchev–Trinajstić information content (AvgIpc) is 2.87. The van der Waals surface area contributed by atoms with Gasteiger partial charge in [0.25, 0.3) is 5.56 Å². The molecule has 0 aliphatic carbocycles. The molecule has 1 N–H and O–H groups in total. The number of H-pyrrole nitrogens is 1. The number of nitrogens with zero attached hydrogens (tertiary/aromatic N) is 4. The lowest BCUT2D eigenvalue weighted by atomic mass is 10.0. The van der Waals surface area contributed by atoms with E-state index in [0.717, 1.165) is 37.6 Å². The van der Waals surface area contributed by atoms with Gasteiger partial charge in [0.2, 0.25) is 5.72 Å². The van der Waals surface area contributed by atoms with Gasteiger partial charge in [0, 0.05) is 37.9 Å². The van der Waals surface area contributed by atoms with Gasteiger partial charge in [-0.1, -0.05) is 5.11 Å². The molecular weight excluding hydrogens is 394 g/mol. The molecule has 1 aromatic rings. The van der Waals surface area contributed by atoms with Crippen LogP contribution in [-0.2, 0) is 33.3 Å². The van der Waals surface area contributed by atoms with Crippen LogP contribution in [0.25, 0.3) is 10.4 Å². The van der Waals surface area contributed by atoms with E-state index in [0.29, 0.717) is 0 Å². The molecule has 0 saturated carbocycles. The van der Waals surface area contributed by atoms with Crippen LogP contribution in [0.5, 0.6) is 0 Å². The molecule has 1 aliphatic heterocycles. The number of esters is 3. The maximum Gasteiger partial charge on any atom is 0.330 e. The van der Waals surface area contributed by atoms with Crippen LogP contribution in [-0.4, -0.2) is 52.0 Å². The maximum atomic E-state index is 12.2. The van der Waals surface area contributed by atoms with Gasteiger partial charge in [0.15, 0.2) is 18.4 Å². The molecule has 14 heteroatoms. The van der Waals surface area contributed by atoms with E-state index in [2.05, 4.69) is 10.0 Å². The molecular formula is C15H17N5O9. The highest BCUT2D eigenvalue weighted by Crippen LogP contribution is 2.42. The van der Waals surface area contributed by atoms with E-state index in [1.807, 2.05) is 4.98 Å². The van der Waals surface area contributed by atoms with Gasteiger partial charge in [-0.05, 0) is 5.53 Å². The van der Waals surface area contributed by atoms with Gasteiger partial charge in [-0.2, -0.15) is 0 Å². The van der Waals surface area contributed by atoms with Crippen molar-refractivity contribution >= 4 is 17.9 Å². The zero-order valence-electron chi connectivity index (χ0n) is 15.6. The number of carbonyl (C=O) groups is 3. The van der Waals surface area contributed by atoms with Crippen molar-refractivity contribution in [1.29, 1.82) is 0 Å². The van der Waals surface area contributed by atoms with E-state index in [-0.39, 0.29) is 0 Å². The smallest absolute Gasteiger partial charge is 0.330 e. The Morgan fingerprint density at radius 1 is 1.24 bits per heavy atom. The number of rotatable bonds is 6. The molecule has 4 atom stereocenters. The first-order valence-corrected chi connectivity index (χ1v) is 8.13. The SMILES string of the molecule is CC(=O)OC[C@@]1(N=[N+]=[N-])O[C@@H](n2ccc(=O)[nH]c2=O)[C@H](OC(C)=O)[C@@H]1OC(C)=O. The molecule has 1 saturated heterocycles. The second-order valence-electron chi connectivity index (χ2n) is 5.94. The summed E-state index contributed by atoms with van der Waals surface area (Å²) in [5.41, 5.74) is 5.20. The maximum absolute atomic E-state index is 12.2. The molecule has 14 nitrogen and oxygen atoms in total. The normalized spacial score (nSPS) is 25.6. The minimum absolute atomic E-state index is 0.703. The quantitative estimate of drug-likeness (QED) is 0.211. The highest BCUT2D eigenvalue weighted by Gasteiger charge is 2.61. The summed E-state index contributed by atoms with van der Waals surface area (Å²) in [4.78, 5) is 62.7. The Hall–Kier alpha value is -3.64. The highest BCUT2D eigenvalue weighted by atomic mass is 16.7. The third-order valence-corrected chi connectivity index (χ3v) is 3.77. The van der Waals surface area contributed by atoms with Crippen LogP contribution < -0.4 is 11.2 Å². The Kier molecular flexibility index (Phi) is 6.41. The van der Waals surface area contributed by atoms with Crippen molar-refractivity contribution in [3.05, 3.63) is 43.5 Å². The summed E-state index contributed by atoms with van der Waals surface area (Å²) in [7, 11) is 0. The first-order chi connectivity index (χ1) is 13.6. The van der Waals surface area contributed by atoms with Crippen LogP contribution in [0.1, 0.15) is 27.0 Å². The summed E-state index contributed by atoms with van der Waals surface area (Å²) < 4.78 is 21.7. The summed E-state index contributed by atoms with van der Waals surface area (Å²) in [6.45, 7) is 2.46. The fourth-order valence-electron chi connectivity index (χ4n) is 2.75. The van der Waals surface area contributed by atoms with Gasteiger partial charge in [0.1, 0.15) is 6.61 Å². The molecule has 1 fully saturated rings. The average molecular weight is 411 g/mol. The van der Waals surface area contributed by atoms with Crippen molar-refractivity contribution in [2.45, 2.75) is 44.9 Å². The van der Waals surface area contributed by atoms with E-state index >= 15 is 0 Å². The van der Waals surface area contributed by atoms with Crippen molar-refractivity contribution in [2.75, 3.05) is 6.61 Å². The Labute approximate surface area is 161 Å². The topological polar surface area (TPSA) is 192 Å². The number of azide groups is 1. The fourth-order valence-corrected chi connectivity index (χ4v) is 2.75. The fraction of sp³-hybridized carbons (Fsp3) is 0.533. The summed E-state index contributed by atoms with van der Waals surface area (Å²) in [6, 6.07) is 0.996. The van der Waals surface area contributed by atoms with E-state index in [4.69, 9.17) is 24.5 Å². The molecule has 0 amide bonds. The van der Waals surface area contributed by atoms with Crippen molar-refractivity contribution in [2.24, 2.45) is 5.11 Å². The second-order valence-corrected chi connectivity index (χ2v) is 5.94. The van der Waals surface area contributed by atoms with Crippen LogP contribution in [0.15, 0.2) is 27.0 Å². The molecule has 0 aromatic carbocycles. The Balaban J connectivity index is 2.65. The molecule has 1 aromatic heterocycles. The molecule has 2 heterocycles. The number of nitrogens with one attached hydrogen (secondary N) is 1. The Bertz CT molecular complexity index is 979. The molecule has 0 spiro atoms. The van der Waals surface area contributed by atoms with E-state index in [1.165, 1.54) is 0 Å². The van der Waals surface area contributed by atoms with Gasteiger partial charge in [-0.25, -0.2) is 4.79 Å². The molecule has 2 rings (SSSR count). The summed E-state index contributed by atoms with van der Waals surface area (Å²) in [6.07, 6.45) is -3.51. The van der Waals surface area contributed by atoms with Crippen molar-refractivity contribution in [3.63, 3.8) is 0 Å². The van der Waals surface area contributed by atoms with Gasteiger partial charge in [0.05, 0.1) is 0 Å². The molecule has 0 radical (unpaired) electrons. The number of aromatic amines is 1. The second kappa shape index (κ2) is 8.58. The third-order valence-electron chi connectivity index (χ3n) is 3.77. The predicted molar refractivity (Wildman–Crippen MR) is 91.1 cm³/mol. The van der Waals surface area contributed by atoms with Crippen molar-refractivity contribution in [1.82, 2.24) is 9.55 Å². The van der Waals surface area contributed by atoms with E-state index in [1.54, 1.807) is 0 Å². The highest BCUT2D eigenvalue weighted by molar-refractivity contribution is 5.68. The minimum Gasteiger partial charge on any atom is -0.462 e. The molecule has 29 heavy (non-hydrogen) atoms. The summed E-state index contributed by atoms with van der Waals surface area (Å²) in [5.74, 6) is -2.45. The number of carbonyl (C=O) groups excluding carboxylic acids is 3. The summed E-state index contributed by atoms with van der Waals surface area (Å²) in [5, 5.41) is 3.47. The zero-order chi connectivity index (χ0) is 21.8. The molecule has 1 aliphatic rings. The van der Waals surface area contributed by atoms with Gasteiger partial charge in [-0.3, -0.25) is 28.7 Å². The van der Waals surface area contributed by atoms with Gasteiger partial charge >= 0.3 is 23.6 Å². The number of hydrogen-bond donors (Lipinski definition) is 1. The minimum atomic E-state index is -2.16. The molecule has 0 unspecified atom stereocenters. The summed E-state index contributed by atoms with van der Waals surface area (Å²) >= 11 is 0. The van der Waals surface area contributed by atoms with Crippen LogP contribution in [0.3, 0.4) is 0 Å². The van der Waals surface area contributed by atoms with E-state index < -0.39 is 59.9 Å². The first kappa shape index (κ1) is 21.7. The lowest BCUT2D eigenvalue weighted by Gasteiger charge is -2.29. The standard InChI is InChI=1S/C15H17N5O9/c1-7(21)26-6-15(18-19-16)12(28-9(3)23)11(27-8(2)22)13(29-15)20-5-4-10(24)17-14(20)25/h4-5,11-13H,6H2,1-3H3,(H,17,24,25)/t11-,12+,13-,15-/m1/s1. The monoisotopic (exact) mass is 411 g/mol. The zero-order valence-corrected chi connectivity index (χ0v) is 15.6. The number of aromatic nitrogens is 2. The lowest BCUT2D eigenvalue weighted by molar-refractivity contribution is -0.176. The van der Waals surface area contributed by atoms with Crippen LogP contribution in [0, 0.1) is 0 Å². The number of hydrogen-bond acceptors (Lipinski definition) is 10. The Morgan fingerprint density at radius 2 is 1.90 bits per heavy atom. The largest absolute Gasteiger partial charge is 0.462 e. The van der Waals surface area contributed by atoms with Gasteiger partial charge < -0.3 is 18.9 Å². The van der Waals surface area contributed by atoms with Crippen molar-refractivity contribution in [3.8, 4) is 0 Å². The van der Waals surface area contributed by atoms with Crippen LogP contribution >= 0.6 is 0 Å². The third kappa shape index (κ3) is 4.80. The van der Waals surface area contributed by atoms with Gasteiger partial charge in [-0.15, -0.1) is 0 Å². The lowest BCUT2D eigenvalue weighted by Crippen LogP contribution is -2.49. The predicted octanol–water partition coefficient (Wildman–Crippen LogP) is -0.501. The molecule has 156 valence electrons. The first-order valence-electron chi connectivity index (χ1n) is 8.13. The van der Waals surface area contributed by atoms with Crippen molar-refractivity contribution < 1.29 is 33.3 Å². The Morgan fingerprint density at radius 3 is 2.41 bits per heavy atom. The molecule has 0 bridgehead atoms. The number of ether oxygens (including phenoxy) is 4. The van der Waals surface area contributed by atoms with Crippen LogP contribution in [0.2, 0.25) is 0 Å². The van der Waals surface area contributed by atoms with Crippen LogP contribution in [0.4, 0.5) is 0 Å².